The van der Waals surface area contributed by atoms with Gasteiger partial charge in [0.05, 0.1) is 5.56 Å². The first kappa shape index (κ1) is 18.7. The number of amides is 2. The topological polar surface area (TPSA) is 98.5 Å². The second kappa shape index (κ2) is 7.39. The van der Waals surface area contributed by atoms with Crippen LogP contribution in [0.2, 0.25) is 0 Å². The number of thiophene rings is 1. The maximum atomic E-state index is 12.8. The molecule has 8 heteroatoms. The van der Waals surface area contributed by atoms with Gasteiger partial charge in [-0.2, -0.15) is 0 Å². The molecule has 0 radical (unpaired) electrons. The van der Waals surface area contributed by atoms with E-state index in [1.54, 1.807) is 6.08 Å². The molecule has 27 heavy (non-hydrogen) atoms. The van der Waals surface area contributed by atoms with Gasteiger partial charge in [-0.3, -0.25) is 9.59 Å². The molecular weight excluding hydrogens is 432 g/mol. The fraction of sp³-hybridized carbons (Fsp3) is 0.526. The lowest BCUT2D eigenvalue weighted by Crippen LogP contribution is -2.39. The summed E-state index contributed by atoms with van der Waals surface area (Å²) in [4.78, 5) is 38.5. The number of fused-ring (bicyclic) bond motifs is 2. The summed E-state index contributed by atoms with van der Waals surface area (Å²) in [5.74, 6) is -1.63. The van der Waals surface area contributed by atoms with Gasteiger partial charge in [0.2, 0.25) is 0 Å². The molecule has 4 rings (SSSR count). The quantitative estimate of drug-likeness (QED) is 0.418. The van der Waals surface area contributed by atoms with Gasteiger partial charge in [0.1, 0.15) is 16.7 Å². The van der Waals surface area contributed by atoms with Gasteiger partial charge in [-0.15, -0.1) is 11.3 Å². The summed E-state index contributed by atoms with van der Waals surface area (Å²) in [6.07, 6.45) is 7.90. The van der Waals surface area contributed by atoms with Crippen LogP contribution in [0.1, 0.15) is 52.9 Å². The van der Waals surface area contributed by atoms with Crippen LogP contribution in [-0.4, -0.2) is 28.7 Å². The summed E-state index contributed by atoms with van der Waals surface area (Å²) in [5, 5.41) is 3.20. The maximum absolute atomic E-state index is 12.8. The van der Waals surface area contributed by atoms with Gasteiger partial charge in [0.15, 0.2) is 0 Å². The lowest BCUT2D eigenvalue weighted by atomic mass is 9.83. The van der Waals surface area contributed by atoms with E-state index in [2.05, 4.69) is 21.2 Å². The monoisotopic (exact) mass is 452 g/mol. The summed E-state index contributed by atoms with van der Waals surface area (Å²) < 4.78 is 5.49. The van der Waals surface area contributed by atoms with Gasteiger partial charge in [-0.1, -0.05) is 22.0 Å². The second-order valence-corrected chi connectivity index (χ2v) is 9.73. The van der Waals surface area contributed by atoms with Crippen LogP contribution in [-0.2, 0) is 27.2 Å². The number of esters is 1. The van der Waals surface area contributed by atoms with E-state index in [9.17, 15) is 14.4 Å². The number of primary amides is 1. The van der Waals surface area contributed by atoms with Gasteiger partial charge >= 0.3 is 5.97 Å². The average Bonchev–Trinajstić information content (AvgIpc) is 2.99. The van der Waals surface area contributed by atoms with E-state index in [0.29, 0.717) is 15.4 Å². The van der Waals surface area contributed by atoms with E-state index in [4.69, 9.17) is 10.5 Å². The van der Waals surface area contributed by atoms with Crippen LogP contribution in [0.4, 0.5) is 5.00 Å². The van der Waals surface area contributed by atoms with Crippen LogP contribution in [0.25, 0.3) is 0 Å². The van der Waals surface area contributed by atoms with Crippen LogP contribution < -0.4 is 11.1 Å². The van der Waals surface area contributed by atoms with E-state index >= 15 is 0 Å². The highest BCUT2D eigenvalue weighted by atomic mass is 79.9. The highest BCUT2D eigenvalue weighted by molar-refractivity contribution is 9.09. The van der Waals surface area contributed by atoms with Crippen molar-refractivity contribution in [1.29, 1.82) is 0 Å². The lowest BCUT2D eigenvalue weighted by Gasteiger charge is -2.35. The molecule has 0 aromatic carbocycles. The normalized spacial score (nSPS) is 27.1. The molecule has 3 atom stereocenters. The Morgan fingerprint density at radius 1 is 1.26 bits per heavy atom. The molecule has 1 saturated carbocycles. The van der Waals surface area contributed by atoms with Crippen LogP contribution in [0, 0.1) is 5.92 Å². The number of carbonyl (C=O) groups is 3. The molecule has 1 aliphatic heterocycles. The van der Waals surface area contributed by atoms with Gasteiger partial charge in [-0.05, 0) is 50.5 Å². The molecule has 1 aromatic rings. The largest absolute Gasteiger partial charge is 0.458 e. The number of rotatable bonds is 3. The van der Waals surface area contributed by atoms with Crippen molar-refractivity contribution in [3.05, 3.63) is 27.7 Å². The van der Waals surface area contributed by atoms with E-state index in [-0.39, 0.29) is 17.6 Å². The first-order valence-electron chi connectivity index (χ1n) is 9.26. The van der Waals surface area contributed by atoms with Crippen molar-refractivity contribution in [2.45, 2.75) is 55.9 Å². The fourth-order valence-electron chi connectivity index (χ4n) is 4.18. The molecule has 2 amide bonds. The summed E-state index contributed by atoms with van der Waals surface area (Å²) in [6.45, 7) is 0. The second-order valence-electron chi connectivity index (χ2n) is 7.33. The standard InChI is InChI=1S/C19H21BrN2O4S/c20-10-5-6-13-9(7-10)8-12(19(25)26-13)17(24)22-18-15(16(21)23)11-3-1-2-4-14(11)27-18/h8-10,13H,1-7H2,(H2,21,23)(H,22,24)/t9?,10?,13-/m1/s1. The predicted octanol–water partition coefficient (Wildman–Crippen LogP) is 3.08. The van der Waals surface area contributed by atoms with Gasteiger partial charge in [0.25, 0.3) is 11.8 Å². The van der Waals surface area contributed by atoms with Crippen molar-refractivity contribution in [2.75, 3.05) is 5.32 Å². The zero-order valence-electron chi connectivity index (χ0n) is 14.8. The third-order valence-corrected chi connectivity index (χ3v) is 7.56. The van der Waals surface area contributed by atoms with Crippen molar-refractivity contribution in [3.8, 4) is 0 Å². The van der Waals surface area contributed by atoms with E-state index in [1.165, 1.54) is 11.3 Å². The van der Waals surface area contributed by atoms with Crippen molar-refractivity contribution < 1.29 is 19.1 Å². The van der Waals surface area contributed by atoms with Crippen LogP contribution in [0.15, 0.2) is 11.6 Å². The van der Waals surface area contributed by atoms with Crippen molar-refractivity contribution >= 4 is 50.1 Å². The first-order valence-corrected chi connectivity index (χ1v) is 11.0. The number of hydrogen-bond donors (Lipinski definition) is 2. The Morgan fingerprint density at radius 3 is 2.81 bits per heavy atom. The molecule has 144 valence electrons. The highest BCUT2D eigenvalue weighted by Crippen LogP contribution is 2.39. The number of aryl methyl sites for hydroxylation is 1. The molecule has 0 saturated heterocycles. The molecule has 2 heterocycles. The first-order chi connectivity index (χ1) is 12.9. The SMILES string of the molecule is NC(=O)c1c(NC(=O)C2=CC3CC(Br)CC[C@H]3OC2=O)sc2c1CCCC2. The molecular formula is C19H21BrN2O4S. The molecule has 6 nitrogen and oxygen atoms in total. The Labute approximate surface area is 169 Å². The van der Waals surface area contributed by atoms with Gasteiger partial charge in [0, 0.05) is 15.6 Å². The number of nitrogens with two attached hydrogens (primary N) is 1. The number of alkyl halides is 1. The van der Waals surface area contributed by atoms with E-state index in [1.807, 2.05) is 0 Å². The molecule has 0 spiro atoms. The van der Waals surface area contributed by atoms with Crippen LogP contribution in [0.3, 0.4) is 0 Å². The average molecular weight is 453 g/mol. The minimum Gasteiger partial charge on any atom is -0.458 e. The third kappa shape index (κ3) is 3.57. The van der Waals surface area contributed by atoms with E-state index < -0.39 is 17.8 Å². The molecule has 0 bridgehead atoms. The number of carbonyl (C=O) groups excluding carboxylic acids is 3. The number of anilines is 1. The minimum absolute atomic E-state index is 0.0136. The molecule has 2 unspecified atom stereocenters. The number of ether oxygens (including phenoxy) is 1. The summed E-state index contributed by atoms with van der Waals surface area (Å²) in [6, 6.07) is 0. The van der Waals surface area contributed by atoms with Crippen LogP contribution in [0.5, 0.6) is 0 Å². The summed E-state index contributed by atoms with van der Waals surface area (Å²) in [7, 11) is 0. The Kier molecular flexibility index (Phi) is 5.11. The number of halogens is 1. The van der Waals surface area contributed by atoms with E-state index in [0.717, 1.165) is 55.4 Å². The molecule has 2 aliphatic carbocycles. The van der Waals surface area contributed by atoms with Crippen molar-refractivity contribution in [1.82, 2.24) is 0 Å². The summed E-state index contributed by atoms with van der Waals surface area (Å²) >= 11 is 5.00. The molecule has 1 aromatic heterocycles. The molecule has 1 fully saturated rings. The third-order valence-electron chi connectivity index (χ3n) is 5.52. The predicted molar refractivity (Wildman–Crippen MR) is 106 cm³/mol. The molecule has 3 N–H and O–H groups in total. The Hall–Kier alpha value is -1.67. The smallest absolute Gasteiger partial charge is 0.343 e. The zero-order valence-corrected chi connectivity index (χ0v) is 17.2. The molecule has 3 aliphatic rings. The minimum atomic E-state index is -0.594. The highest BCUT2D eigenvalue weighted by Gasteiger charge is 2.38. The maximum Gasteiger partial charge on any atom is 0.343 e. The summed E-state index contributed by atoms with van der Waals surface area (Å²) in [5.41, 5.74) is 6.93. The number of nitrogens with one attached hydrogen (secondary N) is 1. The van der Waals surface area contributed by atoms with Gasteiger partial charge < -0.3 is 15.8 Å². The van der Waals surface area contributed by atoms with Gasteiger partial charge in [-0.25, -0.2) is 4.79 Å². The Morgan fingerprint density at radius 2 is 2.04 bits per heavy atom. The van der Waals surface area contributed by atoms with Crippen molar-refractivity contribution in [3.63, 3.8) is 0 Å². The zero-order chi connectivity index (χ0) is 19.1. The lowest BCUT2D eigenvalue weighted by molar-refractivity contribution is -0.150. The van der Waals surface area contributed by atoms with Crippen LogP contribution >= 0.6 is 27.3 Å². The van der Waals surface area contributed by atoms with Crippen molar-refractivity contribution in [2.24, 2.45) is 11.7 Å². The Balaban J connectivity index is 1.60. The fourth-order valence-corrected chi connectivity index (χ4v) is 6.17. The Bertz CT molecular complexity index is 847. The number of hydrogen-bond acceptors (Lipinski definition) is 5.